The van der Waals surface area contributed by atoms with Crippen molar-refractivity contribution in [1.29, 1.82) is 0 Å². The van der Waals surface area contributed by atoms with E-state index in [0.717, 1.165) is 25.0 Å². The molecule has 2 aromatic carbocycles. The quantitative estimate of drug-likeness (QED) is 0.287. The normalized spacial score (nSPS) is 20.5. The Bertz CT molecular complexity index is 718. The van der Waals surface area contributed by atoms with Gasteiger partial charge in [0, 0.05) is 5.41 Å². The smallest absolute Gasteiger partial charge is 0.0717 e. The molecule has 1 aliphatic rings. The molecule has 3 rings (SSSR count). The molecule has 1 fully saturated rings. The lowest BCUT2D eigenvalue weighted by molar-refractivity contribution is -0.0325. The first-order valence-electron chi connectivity index (χ1n) is 12.8. The van der Waals surface area contributed by atoms with Crippen molar-refractivity contribution in [1.82, 2.24) is 0 Å². The van der Waals surface area contributed by atoms with E-state index >= 15 is 0 Å². The topological polar surface area (TPSA) is 18.5 Å². The highest BCUT2D eigenvalue weighted by Gasteiger charge is 2.46. The maximum absolute atomic E-state index is 6.35. The summed E-state index contributed by atoms with van der Waals surface area (Å²) < 4.78 is 12.7. The highest BCUT2D eigenvalue weighted by molar-refractivity contribution is 6.79. The molecule has 0 heterocycles. The Morgan fingerprint density at radius 3 is 1.66 bits per heavy atom. The van der Waals surface area contributed by atoms with Crippen molar-refractivity contribution in [3.05, 3.63) is 71.8 Å². The van der Waals surface area contributed by atoms with E-state index in [-0.39, 0.29) is 5.41 Å². The van der Waals surface area contributed by atoms with Gasteiger partial charge in [0.1, 0.15) is 0 Å². The average Bonchev–Trinajstić information content (AvgIpc) is 3.13. The highest BCUT2D eigenvalue weighted by Crippen LogP contribution is 2.50. The summed E-state index contributed by atoms with van der Waals surface area (Å²) in [6, 6.07) is 26.9. The van der Waals surface area contributed by atoms with Crippen molar-refractivity contribution in [3.63, 3.8) is 0 Å². The summed E-state index contributed by atoms with van der Waals surface area (Å²) in [6.45, 7) is 12.8. The van der Waals surface area contributed by atoms with Crippen LogP contribution in [-0.2, 0) is 22.7 Å². The lowest BCUT2D eigenvalue weighted by atomic mass is 9.87. The van der Waals surface area contributed by atoms with E-state index in [9.17, 15) is 0 Å². The van der Waals surface area contributed by atoms with Crippen molar-refractivity contribution in [2.45, 2.75) is 77.9 Å². The molecular weight excluding hydrogens is 408 g/mol. The molecule has 2 aromatic rings. The molecule has 2 nitrogen and oxygen atoms in total. The number of hydrogen-bond donors (Lipinski definition) is 0. The third-order valence-corrected chi connectivity index (χ3v) is 14.1. The number of rotatable bonds is 13. The zero-order valence-electron chi connectivity index (χ0n) is 20.8. The van der Waals surface area contributed by atoms with Gasteiger partial charge in [-0.2, -0.15) is 0 Å². The minimum Gasteiger partial charge on any atom is -0.376 e. The lowest BCUT2D eigenvalue weighted by Gasteiger charge is -2.33. The van der Waals surface area contributed by atoms with Crippen LogP contribution in [0, 0.1) is 17.3 Å². The summed E-state index contributed by atoms with van der Waals surface area (Å²) in [6.07, 6.45) is 2.48. The molecule has 0 bridgehead atoms. The van der Waals surface area contributed by atoms with Crippen LogP contribution in [0.15, 0.2) is 60.7 Å². The van der Waals surface area contributed by atoms with Crippen LogP contribution < -0.4 is 0 Å². The molecule has 0 aromatic heterocycles. The van der Waals surface area contributed by atoms with Gasteiger partial charge in [-0.1, -0.05) is 113 Å². The molecule has 0 aliphatic heterocycles. The van der Waals surface area contributed by atoms with Crippen LogP contribution in [0.3, 0.4) is 0 Å². The Morgan fingerprint density at radius 1 is 0.750 bits per heavy atom. The molecule has 3 heteroatoms. The van der Waals surface area contributed by atoms with Gasteiger partial charge in [0.15, 0.2) is 0 Å². The van der Waals surface area contributed by atoms with Gasteiger partial charge in [0.05, 0.1) is 34.5 Å². The maximum atomic E-state index is 6.35. The van der Waals surface area contributed by atoms with Crippen LogP contribution in [0.2, 0.25) is 24.2 Å². The molecule has 1 saturated carbocycles. The molecule has 0 spiro atoms. The molecule has 32 heavy (non-hydrogen) atoms. The second kappa shape index (κ2) is 12.2. The van der Waals surface area contributed by atoms with Gasteiger partial charge in [0.2, 0.25) is 0 Å². The molecular formula is C29H44O2Si. The van der Waals surface area contributed by atoms with Gasteiger partial charge < -0.3 is 9.47 Å². The third kappa shape index (κ3) is 6.79. The van der Waals surface area contributed by atoms with Gasteiger partial charge in [0.25, 0.3) is 0 Å². The van der Waals surface area contributed by atoms with E-state index in [2.05, 4.69) is 88.4 Å². The van der Waals surface area contributed by atoms with E-state index in [1.807, 2.05) is 0 Å². The van der Waals surface area contributed by atoms with Gasteiger partial charge in [-0.05, 0) is 35.8 Å². The van der Waals surface area contributed by atoms with Gasteiger partial charge in [-0.25, -0.2) is 0 Å². The zero-order valence-corrected chi connectivity index (χ0v) is 21.8. The minimum absolute atomic E-state index is 0.142. The second-order valence-corrected chi connectivity index (χ2v) is 15.9. The van der Waals surface area contributed by atoms with Crippen LogP contribution in [0.5, 0.6) is 0 Å². The molecule has 2 atom stereocenters. The highest BCUT2D eigenvalue weighted by atomic mass is 28.3. The van der Waals surface area contributed by atoms with E-state index in [1.165, 1.54) is 48.1 Å². The fourth-order valence-corrected chi connectivity index (χ4v) is 9.92. The van der Waals surface area contributed by atoms with E-state index in [4.69, 9.17) is 9.47 Å². The van der Waals surface area contributed by atoms with Crippen LogP contribution in [0.4, 0.5) is 0 Å². The fraction of sp³-hybridized carbons (Fsp3) is 0.586. The number of ether oxygens (including phenoxy) is 2. The summed E-state index contributed by atoms with van der Waals surface area (Å²) >= 11 is 0. The van der Waals surface area contributed by atoms with Crippen LogP contribution in [0.25, 0.3) is 0 Å². The monoisotopic (exact) mass is 452 g/mol. The number of benzene rings is 2. The van der Waals surface area contributed by atoms with E-state index in [1.54, 1.807) is 0 Å². The predicted octanol–water partition coefficient (Wildman–Crippen LogP) is 7.96. The van der Waals surface area contributed by atoms with Crippen LogP contribution in [-0.4, -0.2) is 21.3 Å². The fourth-order valence-electron chi connectivity index (χ4n) is 5.90. The summed E-state index contributed by atoms with van der Waals surface area (Å²) in [5.74, 6) is 1.58. The summed E-state index contributed by atoms with van der Waals surface area (Å²) in [5.41, 5.74) is 2.65. The minimum atomic E-state index is -1.14. The van der Waals surface area contributed by atoms with Crippen molar-refractivity contribution >= 4 is 8.07 Å². The zero-order chi connectivity index (χ0) is 22.9. The van der Waals surface area contributed by atoms with Crippen LogP contribution >= 0.6 is 0 Å². The Balaban J connectivity index is 1.66. The Hall–Kier alpha value is -1.42. The van der Waals surface area contributed by atoms with Crippen molar-refractivity contribution < 1.29 is 9.47 Å². The first-order valence-corrected chi connectivity index (χ1v) is 15.6. The summed E-state index contributed by atoms with van der Waals surface area (Å²) in [5, 5.41) is 0. The molecule has 0 unspecified atom stereocenters. The molecule has 0 saturated heterocycles. The standard InChI is InChI=1S/C29H44O2Si/c1-5-32(6-2,7-3)22-28-19-29(18-25(28)4,23-30-20-26-14-10-8-11-15-26)24-31-21-27-16-12-9-13-17-27/h8-17,25,28H,5-7,18-24H2,1-4H3/t25-,28+/m1/s1. The first-order chi connectivity index (χ1) is 15.5. The molecule has 0 N–H and O–H groups in total. The van der Waals surface area contributed by atoms with E-state index in [0.29, 0.717) is 13.2 Å². The van der Waals surface area contributed by atoms with Crippen LogP contribution in [0.1, 0.15) is 51.7 Å². The van der Waals surface area contributed by atoms with Gasteiger partial charge in [-0.15, -0.1) is 0 Å². The Labute approximate surface area is 197 Å². The largest absolute Gasteiger partial charge is 0.376 e. The lowest BCUT2D eigenvalue weighted by Crippen LogP contribution is -2.35. The molecule has 0 radical (unpaired) electrons. The van der Waals surface area contributed by atoms with Gasteiger partial charge in [-0.3, -0.25) is 0 Å². The molecule has 1 aliphatic carbocycles. The number of hydrogen-bond acceptors (Lipinski definition) is 2. The SMILES string of the molecule is CC[Si](CC)(CC)C[C@@H]1CC(COCc2ccccc2)(COCc2ccccc2)C[C@H]1C. The van der Waals surface area contributed by atoms with Crippen molar-refractivity contribution in [2.75, 3.05) is 13.2 Å². The predicted molar refractivity (Wildman–Crippen MR) is 139 cm³/mol. The van der Waals surface area contributed by atoms with Gasteiger partial charge >= 0.3 is 0 Å². The molecule has 176 valence electrons. The average molecular weight is 453 g/mol. The van der Waals surface area contributed by atoms with E-state index < -0.39 is 8.07 Å². The second-order valence-electron chi connectivity index (χ2n) is 10.4. The Morgan fingerprint density at radius 2 is 1.22 bits per heavy atom. The maximum Gasteiger partial charge on any atom is 0.0717 e. The third-order valence-electron chi connectivity index (χ3n) is 8.24. The summed E-state index contributed by atoms with van der Waals surface area (Å²) in [4.78, 5) is 0. The van der Waals surface area contributed by atoms with Crippen molar-refractivity contribution in [3.8, 4) is 0 Å². The summed E-state index contributed by atoms with van der Waals surface area (Å²) in [7, 11) is -1.14. The molecule has 0 amide bonds. The van der Waals surface area contributed by atoms with Crippen molar-refractivity contribution in [2.24, 2.45) is 17.3 Å². The first kappa shape index (κ1) is 25.2. The Kier molecular flexibility index (Phi) is 9.57.